The Labute approximate surface area is 151 Å². The third-order valence-electron chi connectivity index (χ3n) is 7.13. The molecule has 3 fully saturated rings. The number of hydrogen-bond donors (Lipinski definition) is 1. The first-order valence-electron chi connectivity index (χ1n) is 9.23. The Morgan fingerprint density at radius 1 is 1.38 bits per heavy atom. The number of para-hydroxylation sites is 1. The van der Waals surface area contributed by atoms with Crippen LogP contribution in [0.25, 0.3) is 0 Å². The molecular weight excluding hydrogens is 332 g/mol. The number of hydrogen-bond acceptors (Lipinski definition) is 6. The van der Waals surface area contributed by atoms with E-state index in [1.54, 1.807) is 13.0 Å². The van der Waals surface area contributed by atoms with Gasteiger partial charge in [-0.2, -0.15) is 0 Å². The van der Waals surface area contributed by atoms with Gasteiger partial charge in [-0.1, -0.05) is 12.1 Å². The number of piperidine rings is 1. The number of phenols is 1. The number of Topliss-reactive ketones (excluding diaryl/α,β-unsaturated/α-hetero) is 1. The van der Waals surface area contributed by atoms with Gasteiger partial charge >= 0.3 is 5.97 Å². The van der Waals surface area contributed by atoms with Crippen molar-refractivity contribution in [2.24, 2.45) is 22.7 Å². The topological polar surface area (TPSA) is 79.2 Å². The monoisotopic (exact) mass is 354 g/mol. The van der Waals surface area contributed by atoms with E-state index < -0.39 is 5.92 Å². The molecule has 26 heavy (non-hydrogen) atoms. The molecule has 1 unspecified atom stereocenters. The first kappa shape index (κ1) is 16.0. The summed E-state index contributed by atoms with van der Waals surface area (Å²) < 4.78 is 5.14. The molecule has 4 aliphatic rings. The van der Waals surface area contributed by atoms with Gasteiger partial charge in [-0.15, -0.1) is 0 Å². The summed E-state index contributed by atoms with van der Waals surface area (Å²) in [4.78, 5) is 32.3. The summed E-state index contributed by atoms with van der Waals surface area (Å²) in [5.41, 5.74) is 2.07. The minimum Gasteiger partial charge on any atom is -0.506 e. The highest BCUT2D eigenvalue weighted by atomic mass is 16.5. The molecule has 1 saturated carbocycles. The Bertz CT molecular complexity index is 863. The molecule has 6 heteroatoms. The van der Waals surface area contributed by atoms with Crippen molar-refractivity contribution in [3.63, 3.8) is 0 Å². The normalized spacial score (nSPS) is 36.9. The first-order valence-corrected chi connectivity index (χ1v) is 9.23. The fraction of sp³-hybridized carbons (Fsp3) is 0.550. The number of carbonyl (C=O) groups is 2. The highest BCUT2D eigenvalue weighted by molar-refractivity contribution is 6.14. The summed E-state index contributed by atoms with van der Waals surface area (Å²) in [5.74, 6) is -0.809. The second-order valence-electron chi connectivity index (χ2n) is 8.02. The zero-order valence-electron chi connectivity index (χ0n) is 14.9. The van der Waals surface area contributed by atoms with Crippen LogP contribution in [0.2, 0.25) is 0 Å². The van der Waals surface area contributed by atoms with Gasteiger partial charge in [0, 0.05) is 24.2 Å². The molecule has 3 aliphatic heterocycles. The van der Waals surface area contributed by atoms with Crippen molar-refractivity contribution in [2.75, 3.05) is 20.2 Å². The van der Waals surface area contributed by atoms with Gasteiger partial charge in [-0.3, -0.25) is 19.5 Å². The van der Waals surface area contributed by atoms with E-state index in [9.17, 15) is 14.7 Å². The molecule has 1 aliphatic carbocycles. The number of rotatable bonds is 2. The van der Waals surface area contributed by atoms with Crippen LogP contribution in [0.4, 0.5) is 5.69 Å². The smallest absolute Gasteiger partial charge is 0.314 e. The number of esters is 1. The number of ether oxygens (including phenoxy) is 1. The molecule has 136 valence electrons. The number of carbonyl (C=O) groups excluding carboxylic acids is 2. The summed E-state index contributed by atoms with van der Waals surface area (Å²) in [5, 5.41) is 10.4. The van der Waals surface area contributed by atoms with Crippen LogP contribution >= 0.6 is 0 Å². The third kappa shape index (κ3) is 1.73. The van der Waals surface area contributed by atoms with Crippen LogP contribution in [-0.4, -0.2) is 53.7 Å². The number of aromatic hydroxyl groups is 1. The molecule has 1 aromatic carbocycles. The Balaban J connectivity index is 1.75. The van der Waals surface area contributed by atoms with E-state index >= 15 is 0 Å². The van der Waals surface area contributed by atoms with Gasteiger partial charge in [-0.05, 0) is 43.9 Å². The van der Waals surface area contributed by atoms with Gasteiger partial charge in [0.25, 0.3) is 0 Å². The quantitative estimate of drug-likeness (QED) is 0.820. The van der Waals surface area contributed by atoms with Crippen molar-refractivity contribution in [3.8, 4) is 5.75 Å². The van der Waals surface area contributed by atoms with Crippen molar-refractivity contribution in [2.45, 2.75) is 31.2 Å². The van der Waals surface area contributed by atoms with Gasteiger partial charge in [-0.25, -0.2) is 0 Å². The third-order valence-corrected chi connectivity index (χ3v) is 7.13. The predicted molar refractivity (Wildman–Crippen MR) is 94.6 cm³/mol. The van der Waals surface area contributed by atoms with Crippen LogP contribution < -0.4 is 0 Å². The highest BCUT2D eigenvalue weighted by Crippen LogP contribution is 2.61. The molecule has 0 radical (unpaired) electrons. The lowest BCUT2D eigenvalue weighted by Gasteiger charge is -2.52. The maximum atomic E-state index is 12.8. The molecule has 2 bridgehead atoms. The van der Waals surface area contributed by atoms with Crippen LogP contribution in [0.1, 0.15) is 25.3 Å². The maximum absolute atomic E-state index is 12.8. The Kier molecular flexibility index (Phi) is 3.18. The Morgan fingerprint density at radius 3 is 2.92 bits per heavy atom. The predicted octanol–water partition coefficient (Wildman–Crippen LogP) is 1.82. The number of benzene rings is 1. The van der Waals surface area contributed by atoms with Crippen molar-refractivity contribution in [1.29, 1.82) is 0 Å². The first-order chi connectivity index (χ1) is 12.5. The van der Waals surface area contributed by atoms with E-state index in [0.717, 1.165) is 30.7 Å². The lowest BCUT2D eigenvalue weighted by molar-refractivity contribution is -0.148. The van der Waals surface area contributed by atoms with Crippen molar-refractivity contribution in [1.82, 2.24) is 4.90 Å². The summed E-state index contributed by atoms with van der Waals surface area (Å²) in [7, 11) is 1.40. The van der Waals surface area contributed by atoms with E-state index in [1.807, 2.05) is 12.1 Å². The van der Waals surface area contributed by atoms with E-state index in [0.29, 0.717) is 12.2 Å². The van der Waals surface area contributed by atoms with Crippen molar-refractivity contribution < 1.29 is 19.4 Å². The van der Waals surface area contributed by atoms with Crippen LogP contribution in [0, 0.1) is 17.8 Å². The zero-order valence-corrected chi connectivity index (χ0v) is 14.9. The molecule has 5 atom stereocenters. The zero-order chi connectivity index (χ0) is 18.2. The maximum Gasteiger partial charge on any atom is 0.314 e. The minimum absolute atomic E-state index is 0.0809. The molecule has 1 N–H and O–H groups in total. The molecule has 5 rings (SSSR count). The summed E-state index contributed by atoms with van der Waals surface area (Å²) in [6.45, 7) is 3.19. The number of phenolic OH excluding ortho intramolecular Hbond substituents is 1. The van der Waals surface area contributed by atoms with E-state index in [2.05, 4.69) is 4.90 Å². The minimum atomic E-state index is -0.516. The molecule has 3 heterocycles. The van der Waals surface area contributed by atoms with Gasteiger partial charge in [0.1, 0.15) is 17.2 Å². The second-order valence-corrected chi connectivity index (χ2v) is 8.02. The fourth-order valence-electron chi connectivity index (χ4n) is 6.07. The molecule has 6 nitrogen and oxygen atoms in total. The molecule has 1 aromatic rings. The van der Waals surface area contributed by atoms with Crippen LogP contribution in [0.5, 0.6) is 5.75 Å². The van der Waals surface area contributed by atoms with Crippen LogP contribution in [-0.2, 0) is 19.7 Å². The number of aliphatic imine (C=N–C) groups is 1. The second kappa shape index (κ2) is 5.16. The number of methoxy groups -OCH3 is 1. The molecule has 2 saturated heterocycles. The molecule has 1 spiro atoms. The van der Waals surface area contributed by atoms with Gasteiger partial charge in [0.15, 0.2) is 0 Å². The van der Waals surface area contributed by atoms with E-state index in [4.69, 9.17) is 9.73 Å². The Hall–Kier alpha value is -2.21. The standard InChI is InChI=1S/C20H22N2O4/c1-10(23)12-9-22-7-6-20-13-4-3-5-14(24)17(13)21-18(20)16(19(25)26-2)11(12)8-15(20)22/h3-5,11-12,15-16,24H,6-9H2,1-2H3/t11-,12+,15-,16?,20+/m1/s1. The number of fused-ring (bicyclic) bond motifs is 2. The molecule has 0 aromatic heterocycles. The van der Waals surface area contributed by atoms with Crippen molar-refractivity contribution >= 4 is 23.2 Å². The summed E-state index contributed by atoms with van der Waals surface area (Å²) in [6.07, 6.45) is 1.65. The largest absolute Gasteiger partial charge is 0.506 e. The SMILES string of the molecule is COC(=O)C1C2=Nc3c(O)cccc3[C@]23CCN2C[C@@H](C(C)=O)[C@H]1C[C@@H]23. The Morgan fingerprint density at radius 2 is 2.19 bits per heavy atom. The summed E-state index contributed by atoms with van der Waals surface area (Å²) in [6, 6.07) is 5.75. The lowest BCUT2D eigenvalue weighted by Crippen LogP contribution is -2.63. The number of ketones is 1. The fourth-order valence-corrected chi connectivity index (χ4v) is 6.07. The van der Waals surface area contributed by atoms with Gasteiger partial charge in [0.2, 0.25) is 0 Å². The lowest BCUT2D eigenvalue weighted by atomic mass is 9.55. The van der Waals surface area contributed by atoms with Crippen molar-refractivity contribution in [3.05, 3.63) is 23.8 Å². The van der Waals surface area contributed by atoms with Crippen LogP contribution in [0.3, 0.4) is 0 Å². The average molecular weight is 354 g/mol. The average Bonchev–Trinajstić information content (AvgIpc) is 3.18. The number of nitrogens with zero attached hydrogens (tertiary/aromatic N) is 2. The molecular formula is C20H22N2O4. The summed E-state index contributed by atoms with van der Waals surface area (Å²) >= 11 is 0. The molecule has 0 amide bonds. The van der Waals surface area contributed by atoms with E-state index in [1.165, 1.54) is 7.11 Å². The van der Waals surface area contributed by atoms with Gasteiger partial charge < -0.3 is 9.84 Å². The van der Waals surface area contributed by atoms with E-state index in [-0.39, 0.29) is 40.8 Å². The van der Waals surface area contributed by atoms with Gasteiger partial charge in [0.05, 0.1) is 18.4 Å². The van der Waals surface area contributed by atoms with Crippen LogP contribution in [0.15, 0.2) is 23.2 Å². The highest BCUT2D eigenvalue weighted by Gasteiger charge is 2.66.